The Balaban J connectivity index is 1.94. The number of benzene rings is 1. The molecule has 9 heteroatoms. The van der Waals surface area contributed by atoms with Crippen molar-refractivity contribution in [2.45, 2.75) is 57.9 Å². The molecule has 0 spiro atoms. The molecular weight excluding hydrogens is 432 g/mol. The highest BCUT2D eigenvalue weighted by molar-refractivity contribution is 7.85. The Bertz CT molecular complexity index is 843. The van der Waals surface area contributed by atoms with Crippen LogP contribution in [0, 0.1) is 0 Å². The summed E-state index contributed by atoms with van der Waals surface area (Å²) in [6.45, 7) is 5.07. The Morgan fingerprint density at radius 3 is 2.56 bits per heavy atom. The van der Waals surface area contributed by atoms with Crippen LogP contribution in [0.2, 0.25) is 0 Å². The number of methoxy groups -OCH3 is 2. The molecule has 0 saturated carbocycles. The van der Waals surface area contributed by atoms with Gasteiger partial charge < -0.3 is 14.8 Å². The van der Waals surface area contributed by atoms with E-state index in [9.17, 15) is 13.2 Å². The van der Waals surface area contributed by atoms with Gasteiger partial charge >= 0.3 is 0 Å². The van der Waals surface area contributed by atoms with Gasteiger partial charge in [-0.05, 0) is 62.9 Å². The molecule has 2 rings (SSSR count). The summed E-state index contributed by atoms with van der Waals surface area (Å²) >= 11 is 0. The van der Waals surface area contributed by atoms with Gasteiger partial charge in [0.1, 0.15) is 0 Å². The standard InChI is InChI=1S/C23H38N2O6S/c1-5-25-13-10-12-19(25)17-24-23(26)20-15-18(16-21(29-2)22(20)30-3)11-8-6-7-9-14-31-32(4,27)28/h15-16,19H,5-14,17H2,1-4H3,(H,24,26)/t19-/m0/s1. The summed E-state index contributed by atoms with van der Waals surface area (Å²) in [6, 6.07) is 4.18. The molecule has 1 aromatic rings. The van der Waals surface area contributed by atoms with Crippen molar-refractivity contribution in [1.82, 2.24) is 10.2 Å². The third-order valence-corrected chi connectivity index (χ3v) is 6.44. The molecule has 0 aromatic heterocycles. The van der Waals surface area contributed by atoms with Crippen molar-refractivity contribution in [3.05, 3.63) is 23.3 Å². The number of ether oxygens (including phenoxy) is 2. The number of carbonyl (C=O) groups is 1. The summed E-state index contributed by atoms with van der Waals surface area (Å²) in [7, 11) is -0.252. The average Bonchev–Trinajstić information content (AvgIpc) is 3.22. The number of nitrogens with one attached hydrogen (secondary N) is 1. The molecule has 1 saturated heterocycles. The monoisotopic (exact) mass is 470 g/mol. The van der Waals surface area contributed by atoms with Gasteiger partial charge in [-0.2, -0.15) is 8.42 Å². The second kappa shape index (κ2) is 13.0. The highest BCUT2D eigenvalue weighted by Crippen LogP contribution is 2.33. The molecule has 1 heterocycles. The average molecular weight is 471 g/mol. The molecule has 1 fully saturated rings. The van der Waals surface area contributed by atoms with Gasteiger partial charge in [-0.25, -0.2) is 0 Å². The summed E-state index contributed by atoms with van der Waals surface area (Å²) in [5.74, 6) is 0.848. The first-order chi connectivity index (χ1) is 15.3. The SMILES string of the molecule is CCN1CCC[C@H]1CNC(=O)c1cc(CCCCCCOS(C)(=O)=O)cc(OC)c1OC. The minimum atomic E-state index is -3.37. The van der Waals surface area contributed by atoms with Gasteiger partial charge in [-0.1, -0.05) is 19.8 Å². The molecule has 8 nitrogen and oxygen atoms in total. The van der Waals surface area contributed by atoms with Crippen LogP contribution in [0.1, 0.15) is 61.4 Å². The van der Waals surface area contributed by atoms with Gasteiger partial charge in [0.2, 0.25) is 0 Å². The molecule has 1 aliphatic rings. The third kappa shape index (κ3) is 8.26. The van der Waals surface area contributed by atoms with Gasteiger partial charge in [-0.15, -0.1) is 0 Å². The first-order valence-electron chi connectivity index (χ1n) is 11.4. The maximum atomic E-state index is 13.0. The molecule has 32 heavy (non-hydrogen) atoms. The second-order valence-corrected chi connectivity index (χ2v) is 9.85. The Labute approximate surface area is 192 Å². The summed E-state index contributed by atoms with van der Waals surface area (Å²) in [6.07, 6.45) is 7.56. The van der Waals surface area contributed by atoms with E-state index in [0.29, 0.717) is 36.1 Å². The van der Waals surface area contributed by atoms with E-state index in [1.807, 2.05) is 12.1 Å². The lowest BCUT2D eigenvalue weighted by Gasteiger charge is -2.23. The molecule has 0 bridgehead atoms. The van der Waals surface area contributed by atoms with Crippen LogP contribution in [-0.2, 0) is 20.7 Å². The van der Waals surface area contributed by atoms with Crippen LogP contribution >= 0.6 is 0 Å². The fraction of sp³-hybridized carbons (Fsp3) is 0.696. The molecular formula is C23H38N2O6S. The van der Waals surface area contributed by atoms with Crippen molar-refractivity contribution >= 4 is 16.0 Å². The Hall–Kier alpha value is -1.84. The van der Waals surface area contributed by atoms with E-state index in [-0.39, 0.29) is 12.5 Å². The number of nitrogens with zero attached hydrogens (tertiary/aromatic N) is 1. The van der Waals surface area contributed by atoms with Crippen LogP contribution < -0.4 is 14.8 Å². The third-order valence-electron chi connectivity index (χ3n) is 5.84. The number of amides is 1. The lowest BCUT2D eigenvalue weighted by Crippen LogP contribution is -2.40. The van der Waals surface area contributed by atoms with Crippen LogP contribution in [0.4, 0.5) is 0 Å². The van der Waals surface area contributed by atoms with E-state index in [0.717, 1.165) is 57.0 Å². The highest BCUT2D eigenvalue weighted by Gasteiger charge is 2.25. The smallest absolute Gasteiger partial charge is 0.264 e. The molecule has 1 N–H and O–H groups in total. The van der Waals surface area contributed by atoms with Crippen LogP contribution in [0.25, 0.3) is 0 Å². The number of rotatable bonds is 14. The molecule has 0 unspecified atom stereocenters. The van der Waals surface area contributed by atoms with Crippen molar-refractivity contribution < 1.29 is 26.9 Å². The topological polar surface area (TPSA) is 94.2 Å². The van der Waals surface area contributed by atoms with Crippen LogP contribution in [0.5, 0.6) is 11.5 Å². The quantitative estimate of drug-likeness (QED) is 0.330. The number of likely N-dealkylation sites (tertiary alicyclic amines) is 1. The van der Waals surface area contributed by atoms with E-state index in [1.165, 1.54) is 6.42 Å². The first-order valence-corrected chi connectivity index (χ1v) is 13.2. The zero-order valence-electron chi connectivity index (χ0n) is 19.8. The Morgan fingerprint density at radius 2 is 1.91 bits per heavy atom. The van der Waals surface area contributed by atoms with Crippen LogP contribution in [0.15, 0.2) is 12.1 Å². The van der Waals surface area contributed by atoms with E-state index in [2.05, 4.69) is 17.1 Å². The molecule has 1 amide bonds. The molecule has 182 valence electrons. The van der Waals surface area contributed by atoms with E-state index in [4.69, 9.17) is 13.7 Å². The largest absolute Gasteiger partial charge is 0.493 e. The van der Waals surface area contributed by atoms with E-state index >= 15 is 0 Å². The molecule has 1 aromatic carbocycles. The lowest BCUT2D eigenvalue weighted by molar-refractivity contribution is 0.0937. The molecule has 0 aliphatic carbocycles. The summed E-state index contributed by atoms with van der Waals surface area (Å²) in [4.78, 5) is 15.4. The summed E-state index contributed by atoms with van der Waals surface area (Å²) < 4.78 is 37.7. The Kier molecular flexibility index (Phi) is 10.7. The predicted octanol–water partition coefficient (Wildman–Crippen LogP) is 3.00. The van der Waals surface area contributed by atoms with Crippen molar-refractivity contribution in [2.24, 2.45) is 0 Å². The van der Waals surface area contributed by atoms with Gasteiger partial charge in [-0.3, -0.25) is 13.9 Å². The number of aryl methyl sites for hydroxylation is 1. The first kappa shape index (κ1) is 26.4. The normalized spacial score (nSPS) is 16.8. The minimum Gasteiger partial charge on any atom is -0.493 e. The summed E-state index contributed by atoms with van der Waals surface area (Å²) in [5, 5.41) is 3.08. The van der Waals surface area contributed by atoms with Gasteiger partial charge in [0.25, 0.3) is 16.0 Å². The molecule has 1 atom stereocenters. The maximum Gasteiger partial charge on any atom is 0.264 e. The zero-order valence-corrected chi connectivity index (χ0v) is 20.6. The zero-order chi connectivity index (χ0) is 23.6. The summed E-state index contributed by atoms with van der Waals surface area (Å²) in [5.41, 5.74) is 1.50. The van der Waals surface area contributed by atoms with Gasteiger partial charge in [0.15, 0.2) is 11.5 Å². The van der Waals surface area contributed by atoms with Crippen molar-refractivity contribution in [2.75, 3.05) is 46.7 Å². The fourth-order valence-corrected chi connectivity index (χ4v) is 4.60. The maximum absolute atomic E-state index is 13.0. The number of unbranched alkanes of at least 4 members (excludes halogenated alkanes) is 3. The van der Waals surface area contributed by atoms with Crippen molar-refractivity contribution in [1.29, 1.82) is 0 Å². The minimum absolute atomic E-state index is 0.150. The predicted molar refractivity (Wildman–Crippen MR) is 125 cm³/mol. The van der Waals surface area contributed by atoms with Gasteiger partial charge in [0, 0.05) is 12.6 Å². The van der Waals surface area contributed by atoms with E-state index in [1.54, 1.807) is 14.2 Å². The van der Waals surface area contributed by atoms with Crippen LogP contribution in [0.3, 0.4) is 0 Å². The van der Waals surface area contributed by atoms with Crippen molar-refractivity contribution in [3.63, 3.8) is 0 Å². The number of hydrogen-bond donors (Lipinski definition) is 1. The number of carbonyl (C=O) groups excluding carboxylic acids is 1. The molecule has 0 radical (unpaired) electrons. The number of likely N-dealkylation sites (N-methyl/N-ethyl adjacent to an activating group) is 1. The van der Waals surface area contributed by atoms with Crippen LogP contribution in [-0.4, -0.2) is 72.0 Å². The van der Waals surface area contributed by atoms with E-state index < -0.39 is 10.1 Å². The number of hydrogen-bond acceptors (Lipinski definition) is 7. The molecule has 1 aliphatic heterocycles. The van der Waals surface area contributed by atoms with Gasteiger partial charge in [0.05, 0.1) is 32.6 Å². The van der Waals surface area contributed by atoms with Crippen molar-refractivity contribution in [3.8, 4) is 11.5 Å². The lowest BCUT2D eigenvalue weighted by atomic mass is 10.0. The second-order valence-electron chi connectivity index (χ2n) is 8.20. The Morgan fingerprint density at radius 1 is 1.16 bits per heavy atom. The highest BCUT2D eigenvalue weighted by atomic mass is 32.2. The fourth-order valence-electron chi connectivity index (χ4n) is 4.18.